The van der Waals surface area contributed by atoms with Gasteiger partial charge in [-0.15, -0.1) is 0 Å². The largest absolute Gasteiger partial charge is 0.310 e. The minimum Gasteiger partial charge on any atom is -0.310 e. The molecular weight excluding hydrogens is 340 g/mol. The molecule has 2 aromatic carbocycles. The minimum atomic E-state index is -0.263. The number of hydrazone groups is 1. The van der Waals surface area contributed by atoms with Crippen molar-refractivity contribution < 1.29 is 4.79 Å². The smallest absolute Gasteiger partial charge is 0.258 e. The van der Waals surface area contributed by atoms with Gasteiger partial charge in [0.05, 0.1) is 17.1 Å². The van der Waals surface area contributed by atoms with Gasteiger partial charge in [-0.05, 0) is 29.8 Å². The zero-order valence-corrected chi connectivity index (χ0v) is 14.0. The van der Waals surface area contributed by atoms with E-state index in [1.165, 1.54) is 6.21 Å². The highest BCUT2D eigenvalue weighted by Gasteiger charge is 2.06. The minimum absolute atomic E-state index is 0.166. The fourth-order valence-electron chi connectivity index (χ4n) is 2.27. The number of fused-ring (bicyclic) bond motifs is 1. The molecule has 0 bridgehead atoms. The van der Waals surface area contributed by atoms with Crippen molar-refractivity contribution in [3.63, 3.8) is 0 Å². The number of aryl methyl sites for hydroxylation is 1. The molecule has 0 saturated heterocycles. The van der Waals surface area contributed by atoms with Gasteiger partial charge in [0.15, 0.2) is 0 Å². The molecule has 0 radical (unpaired) electrons. The van der Waals surface area contributed by atoms with Crippen LogP contribution in [0.2, 0.25) is 5.02 Å². The summed E-state index contributed by atoms with van der Waals surface area (Å²) >= 11 is 5.80. The molecule has 0 atom stereocenters. The average Bonchev–Trinajstić information content (AvgIpc) is 2.62. The number of hydrogen-bond acceptors (Lipinski definition) is 4. The molecule has 1 amide bonds. The molecule has 0 unspecified atom stereocenters. The fraction of sp³-hybridized carbons (Fsp3) is 0.111. The maximum absolute atomic E-state index is 12.0. The maximum atomic E-state index is 12.0. The van der Waals surface area contributed by atoms with Crippen molar-refractivity contribution in [3.05, 3.63) is 75.3 Å². The normalized spacial score (nSPS) is 11.1. The first kappa shape index (κ1) is 16.9. The van der Waals surface area contributed by atoms with Crippen LogP contribution < -0.4 is 11.0 Å². The number of rotatable bonds is 5. The molecule has 126 valence electrons. The molecule has 7 heteroatoms. The molecule has 0 aliphatic heterocycles. The molecular formula is C18H15ClN4O2. The first-order valence-electron chi connectivity index (χ1n) is 7.67. The Morgan fingerprint density at radius 1 is 1.20 bits per heavy atom. The lowest BCUT2D eigenvalue weighted by Gasteiger charge is -2.02. The molecule has 0 aliphatic carbocycles. The van der Waals surface area contributed by atoms with E-state index in [1.807, 2.05) is 6.07 Å². The SMILES string of the molecule is O=C(CCc1nc2ccccc2c(=O)[nH]1)N/N=C/c1ccc(Cl)cc1. The van der Waals surface area contributed by atoms with Gasteiger partial charge in [-0.3, -0.25) is 9.59 Å². The lowest BCUT2D eigenvalue weighted by Crippen LogP contribution is -2.19. The van der Waals surface area contributed by atoms with E-state index in [0.717, 1.165) is 5.56 Å². The first-order valence-corrected chi connectivity index (χ1v) is 8.05. The third kappa shape index (κ3) is 4.51. The van der Waals surface area contributed by atoms with Crippen molar-refractivity contribution in [2.24, 2.45) is 5.10 Å². The van der Waals surface area contributed by atoms with Crippen molar-refractivity contribution >= 4 is 34.6 Å². The van der Waals surface area contributed by atoms with Crippen LogP contribution in [0.3, 0.4) is 0 Å². The predicted molar refractivity (Wildman–Crippen MR) is 97.9 cm³/mol. The molecule has 2 N–H and O–H groups in total. The molecule has 0 fully saturated rings. The lowest BCUT2D eigenvalue weighted by atomic mass is 10.2. The van der Waals surface area contributed by atoms with Gasteiger partial charge in [-0.1, -0.05) is 35.9 Å². The van der Waals surface area contributed by atoms with Gasteiger partial charge in [0.1, 0.15) is 5.82 Å². The highest BCUT2D eigenvalue weighted by Crippen LogP contribution is 2.08. The van der Waals surface area contributed by atoms with Gasteiger partial charge in [0, 0.05) is 17.9 Å². The summed E-state index contributed by atoms with van der Waals surface area (Å²) in [6.07, 6.45) is 2.02. The second-order valence-electron chi connectivity index (χ2n) is 5.37. The summed E-state index contributed by atoms with van der Waals surface area (Å²) in [4.78, 5) is 30.9. The molecule has 3 aromatic rings. The van der Waals surface area contributed by atoms with Gasteiger partial charge in [-0.2, -0.15) is 5.10 Å². The number of amides is 1. The van der Waals surface area contributed by atoms with Crippen LogP contribution in [0.15, 0.2) is 58.4 Å². The highest BCUT2D eigenvalue weighted by atomic mass is 35.5. The number of aromatic amines is 1. The molecule has 0 aliphatic rings. The van der Waals surface area contributed by atoms with Crippen LogP contribution in [0.25, 0.3) is 10.9 Å². The molecule has 0 saturated carbocycles. The zero-order chi connectivity index (χ0) is 17.6. The fourth-order valence-corrected chi connectivity index (χ4v) is 2.39. The standard InChI is InChI=1S/C18H15ClN4O2/c19-13-7-5-12(6-8-13)11-20-23-17(24)10-9-16-21-15-4-2-1-3-14(15)18(25)22-16/h1-8,11H,9-10H2,(H,23,24)(H,21,22,25)/b20-11+. The van der Waals surface area contributed by atoms with Gasteiger partial charge in [0.2, 0.25) is 5.91 Å². The van der Waals surface area contributed by atoms with E-state index < -0.39 is 0 Å². The van der Waals surface area contributed by atoms with Crippen LogP contribution in [0.5, 0.6) is 0 Å². The summed E-state index contributed by atoms with van der Waals surface area (Å²) in [6, 6.07) is 14.2. The van der Waals surface area contributed by atoms with Crippen LogP contribution in [-0.4, -0.2) is 22.1 Å². The van der Waals surface area contributed by atoms with Crippen LogP contribution in [-0.2, 0) is 11.2 Å². The summed E-state index contributed by atoms with van der Waals surface area (Å²) in [5.74, 6) is 0.210. The third-order valence-corrected chi connectivity index (χ3v) is 3.78. The van der Waals surface area contributed by atoms with E-state index in [1.54, 1.807) is 42.5 Å². The number of H-pyrrole nitrogens is 1. The Labute approximate surface area is 148 Å². The number of aromatic nitrogens is 2. The van der Waals surface area contributed by atoms with Crippen molar-refractivity contribution in [3.8, 4) is 0 Å². The average molecular weight is 355 g/mol. The maximum Gasteiger partial charge on any atom is 0.258 e. The number of benzene rings is 2. The van der Waals surface area contributed by atoms with E-state index >= 15 is 0 Å². The number of hydrogen-bond donors (Lipinski definition) is 2. The highest BCUT2D eigenvalue weighted by molar-refractivity contribution is 6.30. The van der Waals surface area contributed by atoms with Crippen LogP contribution in [0.1, 0.15) is 17.8 Å². The first-order chi connectivity index (χ1) is 12.1. The topological polar surface area (TPSA) is 87.2 Å². The molecule has 0 spiro atoms. The Bertz CT molecular complexity index is 980. The summed E-state index contributed by atoms with van der Waals surface area (Å²) in [7, 11) is 0. The Morgan fingerprint density at radius 3 is 2.76 bits per heavy atom. The van der Waals surface area contributed by atoms with Crippen LogP contribution >= 0.6 is 11.6 Å². The quantitative estimate of drug-likeness (QED) is 0.545. The molecule has 1 aromatic heterocycles. The molecule has 1 heterocycles. The number of carbonyl (C=O) groups is 1. The van der Waals surface area contributed by atoms with Crippen LogP contribution in [0, 0.1) is 0 Å². The van der Waals surface area contributed by atoms with E-state index in [0.29, 0.717) is 28.2 Å². The number of carbonyl (C=O) groups excluding carboxylic acids is 1. The van der Waals surface area contributed by atoms with Gasteiger partial charge in [0.25, 0.3) is 5.56 Å². The van der Waals surface area contributed by atoms with Gasteiger partial charge in [-0.25, -0.2) is 10.4 Å². The summed E-state index contributed by atoms with van der Waals surface area (Å²) in [5, 5.41) is 5.06. The Kier molecular flexibility index (Phi) is 5.20. The number of halogens is 1. The second kappa shape index (κ2) is 7.72. The van der Waals surface area contributed by atoms with Gasteiger partial charge < -0.3 is 4.98 Å². The molecule has 6 nitrogen and oxygen atoms in total. The Balaban J connectivity index is 1.57. The number of nitrogens with one attached hydrogen (secondary N) is 2. The Morgan fingerprint density at radius 2 is 1.96 bits per heavy atom. The van der Waals surface area contributed by atoms with E-state index in [4.69, 9.17) is 11.6 Å². The monoisotopic (exact) mass is 354 g/mol. The summed E-state index contributed by atoms with van der Waals surface area (Å²) in [6.45, 7) is 0. The van der Waals surface area contributed by atoms with E-state index in [2.05, 4.69) is 20.5 Å². The second-order valence-corrected chi connectivity index (χ2v) is 5.81. The zero-order valence-electron chi connectivity index (χ0n) is 13.2. The van der Waals surface area contributed by atoms with Crippen molar-refractivity contribution in [1.82, 2.24) is 15.4 Å². The summed E-state index contributed by atoms with van der Waals surface area (Å²) in [5.41, 5.74) is 3.68. The lowest BCUT2D eigenvalue weighted by molar-refractivity contribution is -0.121. The third-order valence-electron chi connectivity index (χ3n) is 3.52. The summed E-state index contributed by atoms with van der Waals surface area (Å²) < 4.78 is 0. The van der Waals surface area contributed by atoms with Crippen molar-refractivity contribution in [2.75, 3.05) is 0 Å². The molecule has 3 rings (SSSR count). The van der Waals surface area contributed by atoms with Crippen molar-refractivity contribution in [1.29, 1.82) is 0 Å². The predicted octanol–water partition coefficient (Wildman–Crippen LogP) is 2.66. The van der Waals surface area contributed by atoms with E-state index in [-0.39, 0.29) is 17.9 Å². The number of para-hydroxylation sites is 1. The van der Waals surface area contributed by atoms with Gasteiger partial charge >= 0.3 is 0 Å². The van der Waals surface area contributed by atoms with E-state index in [9.17, 15) is 9.59 Å². The Hall–Kier alpha value is -2.99. The number of nitrogens with zero attached hydrogens (tertiary/aromatic N) is 2. The van der Waals surface area contributed by atoms with Crippen LogP contribution in [0.4, 0.5) is 0 Å². The van der Waals surface area contributed by atoms with Crippen molar-refractivity contribution in [2.45, 2.75) is 12.8 Å². The molecule has 25 heavy (non-hydrogen) atoms.